The Balaban J connectivity index is 0.00000140. The molecule has 1 aliphatic heterocycles. The first-order chi connectivity index (χ1) is 12.7. The van der Waals surface area contributed by atoms with Gasteiger partial charge in [0.05, 0.1) is 35.8 Å². The van der Waals surface area contributed by atoms with Crippen molar-refractivity contribution < 1.29 is 31.2 Å². The number of ether oxygens (including phenoxy) is 3. The monoisotopic (exact) mass is 461 g/mol. The molecule has 0 aliphatic carbocycles. The second kappa shape index (κ2) is 9.82. The van der Waals surface area contributed by atoms with E-state index in [1.807, 2.05) is 50.6 Å². The second-order valence-electron chi connectivity index (χ2n) is 5.79. The minimum absolute atomic E-state index is 0. The first kappa shape index (κ1) is 22.8. The quantitative estimate of drug-likeness (QED) is 0.340. The lowest BCUT2D eigenvalue weighted by atomic mass is 10.2. The summed E-state index contributed by atoms with van der Waals surface area (Å²) in [4.78, 5) is 7.38. The Hall–Kier alpha value is -1.48. The fraction of sp³-hybridized carbons (Fsp3) is 0.333. The van der Waals surface area contributed by atoms with Crippen molar-refractivity contribution in [3.8, 4) is 17.2 Å². The van der Waals surface area contributed by atoms with Crippen molar-refractivity contribution in [2.24, 2.45) is 0 Å². The topological polar surface area (TPSA) is 60.2 Å². The maximum atomic E-state index is 6.08. The van der Waals surface area contributed by atoms with Crippen LogP contribution in [0.3, 0.4) is 0 Å². The van der Waals surface area contributed by atoms with E-state index in [0.29, 0.717) is 11.5 Å². The molecule has 1 N–H and O–H groups in total. The SMILES string of the molecule is CCSSCc1c(C)c(OC)cc[n+]1C1Oc2cc3nc[nH]c3cc2O1.Cl.[Cl-]. The smallest absolute Gasteiger partial charge is 0.468 e. The molecule has 4 rings (SSSR count). The highest BCUT2D eigenvalue weighted by molar-refractivity contribution is 8.76. The Kier molecular flexibility index (Phi) is 8.00. The van der Waals surface area contributed by atoms with Crippen LogP contribution in [0.5, 0.6) is 17.2 Å². The lowest BCUT2D eigenvalue weighted by Crippen LogP contribution is -3.00. The van der Waals surface area contributed by atoms with Gasteiger partial charge in [-0.25, -0.2) is 4.98 Å². The number of halogens is 2. The molecular weight excluding hydrogens is 441 g/mol. The van der Waals surface area contributed by atoms with Gasteiger partial charge in [-0.1, -0.05) is 28.5 Å². The van der Waals surface area contributed by atoms with E-state index in [4.69, 9.17) is 14.2 Å². The van der Waals surface area contributed by atoms with E-state index >= 15 is 0 Å². The van der Waals surface area contributed by atoms with E-state index in [1.54, 1.807) is 13.4 Å². The number of nitrogens with zero attached hydrogens (tertiary/aromatic N) is 2. The Morgan fingerprint density at radius 3 is 2.71 bits per heavy atom. The van der Waals surface area contributed by atoms with Gasteiger partial charge in [0, 0.05) is 24.0 Å². The number of H-pyrrole nitrogens is 1. The molecule has 0 amide bonds. The molecule has 0 saturated heterocycles. The average Bonchev–Trinajstić information content (AvgIpc) is 3.26. The van der Waals surface area contributed by atoms with Crippen LogP contribution in [-0.4, -0.2) is 22.8 Å². The van der Waals surface area contributed by atoms with E-state index in [0.717, 1.165) is 39.5 Å². The second-order valence-corrected chi connectivity index (χ2v) is 8.54. The van der Waals surface area contributed by atoms with Crippen molar-refractivity contribution >= 4 is 45.0 Å². The van der Waals surface area contributed by atoms with Gasteiger partial charge in [0.2, 0.25) is 5.69 Å². The lowest BCUT2D eigenvalue weighted by molar-refractivity contribution is -0.788. The molecule has 10 heteroatoms. The van der Waals surface area contributed by atoms with Crippen molar-refractivity contribution in [2.75, 3.05) is 12.9 Å². The molecule has 0 saturated carbocycles. The summed E-state index contributed by atoms with van der Waals surface area (Å²) < 4.78 is 19.7. The Bertz CT molecular complexity index is 915. The van der Waals surface area contributed by atoms with Crippen LogP contribution in [0.2, 0.25) is 0 Å². The van der Waals surface area contributed by atoms with Crippen molar-refractivity contribution in [2.45, 2.75) is 26.0 Å². The third-order valence-electron chi connectivity index (χ3n) is 4.29. The summed E-state index contributed by atoms with van der Waals surface area (Å²) in [6, 6.07) is 5.77. The number of pyridine rings is 1. The van der Waals surface area contributed by atoms with Crippen molar-refractivity contribution in [1.29, 1.82) is 0 Å². The molecule has 152 valence electrons. The number of aromatic amines is 1. The van der Waals surface area contributed by atoms with E-state index in [2.05, 4.69) is 23.8 Å². The minimum atomic E-state index is -0.539. The number of fused-ring (bicyclic) bond motifs is 2. The molecule has 28 heavy (non-hydrogen) atoms. The number of hydrogen-bond donors (Lipinski definition) is 1. The van der Waals surface area contributed by atoms with Crippen LogP contribution in [0.4, 0.5) is 0 Å². The number of rotatable bonds is 6. The molecule has 6 nitrogen and oxygen atoms in total. The number of methoxy groups -OCH3 is 1. The Morgan fingerprint density at radius 2 is 2.00 bits per heavy atom. The Morgan fingerprint density at radius 1 is 1.25 bits per heavy atom. The van der Waals surface area contributed by atoms with Crippen molar-refractivity contribution in [3.63, 3.8) is 0 Å². The third-order valence-corrected chi connectivity index (χ3v) is 6.64. The van der Waals surface area contributed by atoms with Crippen molar-refractivity contribution in [3.05, 3.63) is 42.0 Å². The van der Waals surface area contributed by atoms with Crippen LogP contribution in [-0.2, 0) is 5.75 Å². The summed E-state index contributed by atoms with van der Waals surface area (Å²) in [7, 11) is 5.34. The normalized spacial score (nSPS) is 12.5. The average molecular weight is 462 g/mol. The zero-order valence-corrected chi connectivity index (χ0v) is 18.8. The van der Waals surface area contributed by atoms with Crippen LogP contribution in [0.25, 0.3) is 11.0 Å². The first-order valence-corrected chi connectivity index (χ1v) is 10.8. The van der Waals surface area contributed by atoms with Gasteiger partial charge >= 0.3 is 6.41 Å². The van der Waals surface area contributed by atoms with Crippen molar-refractivity contribution in [1.82, 2.24) is 9.97 Å². The Labute approximate surface area is 184 Å². The molecule has 1 aliphatic rings. The van der Waals surface area contributed by atoms with Gasteiger partial charge in [0.1, 0.15) is 5.75 Å². The lowest BCUT2D eigenvalue weighted by Gasteiger charge is -2.13. The number of benzene rings is 1. The third kappa shape index (κ3) is 4.25. The summed E-state index contributed by atoms with van der Waals surface area (Å²) in [5.41, 5.74) is 4.01. The van der Waals surface area contributed by atoms with Crippen LogP contribution in [0, 0.1) is 6.92 Å². The zero-order valence-electron chi connectivity index (χ0n) is 15.6. The number of imidazole rings is 1. The number of aromatic nitrogens is 3. The van der Waals surface area contributed by atoms with Gasteiger partial charge < -0.3 is 31.6 Å². The van der Waals surface area contributed by atoms with Crippen LogP contribution < -0.4 is 31.2 Å². The summed E-state index contributed by atoms with van der Waals surface area (Å²) in [6.45, 7) is 4.22. The molecule has 2 aromatic heterocycles. The van der Waals surface area contributed by atoms with Crippen LogP contribution in [0.1, 0.15) is 24.6 Å². The molecule has 0 spiro atoms. The molecule has 1 aromatic carbocycles. The van der Waals surface area contributed by atoms with Gasteiger partial charge in [-0.2, -0.15) is 0 Å². The van der Waals surface area contributed by atoms with E-state index < -0.39 is 6.41 Å². The van der Waals surface area contributed by atoms with Crippen LogP contribution >= 0.6 is 34.0 Å². The predicted molar refractivity (Wildman–Crippen MR) is 111 cm³/mol. The number of hydrogen-bond acceptors (Lipinski definition) is 6. The molecular formula is C18H21Cl2N3O3S2. The molecule has 1 unspecified atom stereocenters. The van der Waals surface area contributed by atoms with Gasteiger partial charge in [0.25, 0.3) is 0 Å². The fourth-order valence-corrected chi connectivity index (χ4v) is 4.78. The van der Waals surface area contributed by atoms with E-state index in [1.165, 1.54) is 0 Å². The largest absolute Gasteiger partial charge is 1.00 e. The van der Waals surface area contributed by atoms with Gasteiger partial charge in [-0.15, -0.1) is 17.0 Å². The summed E-state index contributed by atoms with van der Waals surface area (Å²) in [5, 5.41) is 0. The summed E-state index contributed by atoms with van der Waals surface area (Å²) in [6.07, 6.45) is 3.09. The molecule has 1 atom stereocenters. The fourth-order valence-electron chi connectivity index (χ4n) is 2.96. The van der Waals surface area contributed by atoms with Gasteiger partial charge in [-0.05, 0) is 6.92 Å². The highest BCUT2D eigenvalue weighted by Crippen LogP contribution is 2.39. The number of nitrogens with one attached hydrogen (secondary N) is 1. The van der Waals surface area contributed by atoms with E-state index in [9.17, 15) is 0 Å². The van der Waals surface area contributed by atoms with E-state index in [-0.39, 0.29) is 24.8 Å². The molecule has 0 bridgehead atoms. The first-order valence-electron chi connectivity index (χ1n) is 8.33. The summed E-state index contributed by atoms with van der Waals surface area (Å²) >= 11 is 0. The summed E-state index contributed by atoms with van der Waals surface area (Å²) in [5.74, 6) is 4.19. The van der Waals surface area contributed by atoms with Gasteiger partial charge in [-0.3, -0.25) is 0 Å². The standard InChI is InChI=1S/C18H20N3O3S2.2ClH/c1-4-25-26-9-14-11(2)15(22-3)5-6-21(14)18-23-16-7-12-13(20-10-19-12)8-17(16)24-18;;/h5-8,10,18H,4,9H2,1-3H3,(H,19,20);2*1H/q+1;;/p-1. The van der Waals surface area contributed by atoms with Gasteiger partial charge in [0.15, 0.2) is 17.7 Å². The maximum Gasteiger partial charge on any atom is 0.468 e. The van der Waals surface area contributed by atoms with Crippen LogP contribution in [0.15, 0.2) is 30.7 Å². The molecule has 0 fully saturated rings. The molecule has 3 aromatic rings. The minimum Gasteiger partial charge on any atom is -1.00 e. The molecule has 3 heterocycles. The highest BCUT2D eigenvalue weighted by atomic mass is 35.5. The molecule has 0 radical (unpaired) electrons. The maximum absolute atomic E-state index is 6.08. The predicted octanol–water partition coefficient (Wildman–Crippen LogP) is 1.42. The zero-order chi connectivity index (χ0) is 18.1. The highest BCUT2D eigenvalue weighted by Gasteiger charge is 2.36.